The van der Waals surface area contributed by atoms with E-state index in [2.05, 4.69) is 21.2 Å². The van der Waals surface area contributed by atoms with Crippen LogP contribution < -0.4 is 11.1 Å². The Morgan fingerprint density at radius 1 is 1.58 bits per heavy atom. The molecule has 0 saturated heterocycles. The van der Waals surface area contributed by atoms with Gasteiger partial charge in [0, 0.05) is 10.5 Å². The zero-order valence-corrected chi connectivity index (χ0v) is 13.0. The third kappa shape index (κ3) is 3.00. The predicted octanol–water partition coefficient (Wildman–Crippen LogP) is 3.14. The lowest BCUT2D eigenvalue weighted by molar-refractivity contribution is -0.131. The number of benzene rings is 1. The Morgan fingerprint density at radius 3 is 2.89 bits per heavy atom. The van der Waals surface area contributed by atoms with Gasteiger partial charge in [-0.2, -0.15) is 0 Å². The molecule has 4 heteroatoms. The summed E-state index contributed by atoms with van der Waals surface area (Å²) in [6.45, 7) is 3.98. The molecule has 2 rings (SSSR count). The molecule has 1 aliphatic carbocycles. The maximum absolute atomic E-state index is 12.4. The van der Waals surface area contributed by atoms with Gasteiger partial charge in [-0.15, -0.1) is 0 Å². The smallest absolute Gasteiger partial charge is 0.227 e. The van der Waals surface area contributed by atoms with Crippen molar-refractivity contribution in [3.63, 3.8) is 0 Å². The van der Waals surface area contributed by atoms with E-state index in [-0.39, 0.29) is 18.0 Å². The van der Waals surface area contributed by atoms with Gasteiger partial charge in [0.2, 0.25) is 5.91 Å². The summed E-state index contributed by atoms with van der Waals surface area (Å²) in [4.78, 5) is 12.4. The Hall–Kier alpha value is -0.870. The van der Waals surface area contributed by atoms with Crippen LogP contribution in [-0.4, -0.2) is 11.9 Å². The summed E-state index contributed by atoms with van der Waals surface area (Å²) in [6, 6.07) is 7.98. The Kier molecular flexibility index (Phi) is 4.31. The summed E-state index contributed by atoms with van der Waals surface area (Å²) in [5, 5.41) is 3.10. The standard InChI is InChI=1S/C15H21BrN2O/c1-10(11-5-3-6-12(16)9-11)18-14(19)15(2)8-4-7-13(15)17/h3,5-6,9-10,13H,4,7-8,17H2,1-2H3,(H,18,19). The Balaban J connectivity index is 2.07. The van der Waals surface area contributed by atoms with Gasteiger partial charge in [0.25, 0.3) is 0 Å². The summed E-state index contributed by atoms with van der Waals surface area (Å²) in [7, 11) is 0. The minimum atomic E-state index is -0.416. The first-order valence-corrected chi connectivity index (χ1v) is 7.55. The molecule has 1 saturated carbocycles. The number of halogens is 1. The third-order valence-electron chi connectivity index (χ3n) is 4.24. The van der Waals surface area contributed by atoms with Gasteiger partial charge in [0.05, 0.1) is 11.5 Å². The Labute approximate surface area is 123 Å². The van der Waals surface area contributed by atoms with Crippen LogP contribution >= 0.6 is 15.9 Å². The summed E-state index contributed by atoms with van der Waals surface area (Å²) in [6.07, 6.45) is 2.86. The number of nitrogens with one attached hydrogen (secondary N) is 1. The molecule has 3 nitrogen and oxygen atoms in total. The van der Waals surface area contributed by atoms with Gasteiger partial charge in [0.15, 0.2) is 0 Å². The van der Waals surface area contributed by atoms with Crippen LogP contribution in [0.5, 0.6) is 0 Å². The highest BCUT2D eigenvalue weighted by molar-refractivity contribution is 9.10. The lowest BCUT2D eigenvalue weighted by Gasteiger charge is -2.29. The molecular formula is C15H21BrN2O. The molecular weight excluding hydrogens is 304 g/mol. The number of carbonyl (C=O) groups is 1. The first-order valence-electron chi connectivity index (χ1n) is 6.75. The van der Waals surface area contributed by atoms with E-state index < -0.39 is 5.41 Å². The van der Waals surface area contributed by atoms with Crippen molar-refractivity contribution in [2.24, 2.45) is 11.1 Å². The van der Waals surface area contributed by atoms with Crippen molar-refractivity contribution in [1.82, 2.24) is 5.32 Å². The molecule has 3 unspecified atom stereocenters. The number of hydrogen-bond donors (Lipinski definition) is 2. The van der Waals surface area contributed by atoms with E-state index in [4.69, 9.17) is 5.73 Å². The van der Waals surface area contributed by atoms with Crippen molar-refractivity contribution >= 4 is 21.8 Å². The molecule has 3 atom stereocenters. The van der Waals surface area contributed by atoms with Gasteiger partial charge in [-0.05, 0) is 44.4 Å². The monoisotopic (exact) mass is 324 g/mol. The SMILES string of the molecule is CC(NC(=O)C1(C)CCCC1N)c1cccc(Br)c1. The van der Waals surface area contributed by atoms with Crippen LogP contribution in [0.3, 0.4) is 0 Å². The topological polar surface area (TPSA) is 55.1 Å². The van der Waals surface area contributed by atoms with Gasteiger partial charge < -0.3 is 11.1 Å². The number of nitrogens with two attached hydrogens (primary N) is 1. The largest absolute Gasteiger partial charge is 0.349 e. The van der Waals surface area contributed by atoms with Crippen molar-refractivity contribution < 1.29 is 4.79 Å². The number of rotatable bonds is 3. The van der Waals surface area contributed by atoms with Gasteiger partial charge in [-0.1, -0.05) is 34.5 Å². The number of carbonyl (C=O) groups excluding carboxylic acids is 1. The molecule has 0 heterocycles. The van der Waals surface area contributed by atoms with E-state index in [0.717, 1.165) is 29.3 Å². The molecule has 3 N–H and O–H groups in total. The van der Waals surface area contributed by atoms with Crippen LogP contribution in [0.25, 0.3) is 0 Å². The maximum Gasteiger partial charge on any atom is 0.227 e. The molecule has 1 aromatic carbocycles. The highest BCUT2D eigenvalue weighted by Crippen LogP contribution is 2.37. The predicted molar refractivity (Wildman–Crippen MR) is 80.6 cm³/mol. The van der Waals surface area contributed by atoms with Crippen LogP contribution in [0.1, 0.15) is 44.7 Å². The van der Waals surface area contributed by atoms with Crippen molar-refractivity contribution in [2.75, 3.05) is 0 Å². The second kappa shape index (κ2) is 5.63. The van der Waals surface area contributed by atoms with Crippen molar-refractivity contribution in [3.05, 3.63) is 34.3 Å². The third-order valence-corrected chi connectivity index (χ3v) is 4.74. The van der Waals surface area contributed by atoms with Crippen LogP contribution in [0, 0.1) is 5.41 Å². The van der Waals surface area contributed by atoms with Crippen molar-refractivity contribution in [1.29, 1.82) is 0 Å². The molecule has 0 bridgehead atoms. The fourth-order valence-electron chi connectivity index (χ4n) is 2.70. The van der Waals surface area contributed by atoms with Gasteiger partial charge >= 0.3 is 0 Å². The summed E-state index contributed by atoms with van der Waals surface area (Å²) in [5.74, 6) is 0.0741. The van der Waals surface area contributed by atoms with Crippen molar-refractivity contribution in [3.8, 4) is 0 Å². The molecule has 1 amide bonds. The lowest BCUT2D eigenvalue weighted by atomic mass is 9.84. The second-order valence-electron chi connectivity index (χ2n) is 5.67. The normalized spacial score (nSPS) is 28.1. The van der Waals surface area contributed by atoms with E-state index in [9.17, 15) is 4.79 Å². The Bertz CT molecular complexity index is 477. The van der Waals surface area contributed by atoms with E-state index in [1.807, 2.05) is 38.1 Å². The van der Waals surface area contributed by atoms with Gasteiger partial charge in [-0.25, -0.2) is 0 Å². The second-order valence-corrected chi connectivity index (χ2v) is 6.58. The minimum absolute atomic E-state index is 0.00498. The highest BCUT2D eigenvalue weighted by atomic mass is 79.9. The van der Waals surface area contributed by atoms with Gasteiger partial charge in [0.1, 0.15) is 0 Å². The fraction of sp³-hybridized carbons (Fsp3) is 0.533. The van der Waals surface area contributed by atoms with Gasteiger partial charge in [-0.3, -0.25) is 4.79 Å². The number of amides is 1. The molecule has 0 spiro atoms. The van der Waals surface area contributed by atoms with Crippen LogP contribution in [0.4, 0.5) is 0 Å². The summed E-state index contributed by atoms with van der Waals surface area (Å²) in [5.41, 5.74) is 6.76. The molecule has 104 valence electrons. The van der Waals surface area contributed by atoms with Crippen LogP contribution in [0.2, 0.25) is 0 Å². The quantitative estimate of drug-likeness (QED) is 0.897. The molecule has 1 aliphatic rings. The molecule has 0 radical (unpaired) electrons. The Morgan fingerprint density at radius 2 is 2.32 bits per heavy atom. The van der Waals surface area contributed by atoms with Crippen LogP contribution in [0.15, 0.2) is 28.7 Å². The zero-order valence-electron chi connectivity index (χ0n) is 11.4. The van der Waals surface area contributed by atoms with E-state index in [1.54, 1.807) is 0 Å². The molecule has 1 aromatic rings. The first kappa shape index (κ1) is 14.5. The van der Waals surface area contributed by atoms with Crippen LogP contribution in [-0.2, 0) is 4.79 Å². The first-order chi connectivity index (χ1) is 8.93. The zero-order chi connectivity index (χ0) is 14.0. The van der Waals surface area contributed by atoms with Crippen molar-refractivity contribution in [2.45, 2.75) is 45.2 Å². The maximum atomic E-state index is 12.4. The summed E-state index contributed by atoms with van der Waals surface area (Å²) < 4.78 is 1.02. The van der Waals surface area contributed by atoms with E-state index >= 15 is 0 Å². The molecule has 19 heavy (non-hydrogen) atoms. The number of hydrogen-bond acceptors (Lipinski definition) is 2. The summed E-state index contributed by atoms with van der Waals surface area (Å²) >= 11 is 3.45. The van der Waals surface area contributed by atoms with E-state index in [0.29, 0.717) is 0 Å². The molecule has 0 aliphatic heterocycles. The average Bonchev–Trinajstić information content (AvgIpc) is 2.71. The van der Waals surface area contributed by atoms with E-state index in [1.165, 1.54) is 0 Å². The average molecular weight is 325 g/mol. The highest BCUT2D eigenvalue weighted by Gasteiger charge is 2.43. The fourth-order valence-corrected chi connectivity index (χ4v) is 3.11. The lowest BCUT2D eigenvalue weighted by Crippen LogP contribution is -2.47. The molecule has 1 fully saturated rings. The molecule has 0 aromatic heterocycles. The minimum Gasteiger partial charge on any atom is -0.349 e.